The van der Waals surface area contributed by atoms with Gasteiger partial charge < -0.3 is 24.8 Å². The zero-order valence-corrected chi connectivity index (χ0v) is 22.7. The van der Waals surface area contributed by atoms with Crippen LogP contribution in [0, 0.1) is 11.7 Å². The molecule has 8 nitrogen and oxygen atoms in total. The number of furan rings is 1. The molecule has 1 aliphatic heterocycles. The predicted molar refractivity (Wildman–Crippen MR) is 150 cm³/mol. The molecular formula is C30H27ClFN3O5. The fourth-order valence-electron chi connectivity index (χ4n) is 5.64. The summed E-state index contributed by atoms with van der Waals surface area (Å²) in [6.45, 7) is 4.03. The first-order chi connectivity index (χ1) is 19.2. The van der Waals surface area contributed by atoms with Gasteiger partial charge in [0.1, 0.15) is 11.6 Å². The molecule has 1 saturated carbocycles. The highest BCUT2D eigenvalue weighted by atomic mass is 35.5. The zero-order chi connectivity index (χ0) is 28.3. The summed E-state index contributed by atoms with van der Waals surface area (Å²) in [4.78, 5) is 38.5. The van der Waals surface area contributed by atoms with Gasteiger partial charge in [-0.2, -0.15) is 0 Å². The van der Waals surface area contributed by atoms with E-state index >= 15 is 4.39 Å². The maximum absolute atomic E-state index is 15.2. The summed E-state index contributed by atoms with van der Waals surface area (Å²) < 4.78 is 27.2. The molecule has 3 atom stereocenters. The minimum Gasteiger partial charge on any atom is -0.460 e. The first kappa shape index (κ1) is 26.1. The summed E-state index contributed by atoms with van der Waals surface area (Å²) in [5, 5.41) is 3.45. The zero-order valence-electron chi connectivity index (χ0n) is 21.9. The van der Waals surface area contributed by atoms with Gasteiger partial charge in [-0.05, 0) is 85.5 Å². The molecule has 206 valence electrons. The van der Waals surface area contributed by atoms with Gasteiger partial charge in [-0.25, -0.2) is 9.18 Å². The van der Waals surface area contributed by atoms with Crippen LogP contribution >= 0.6 is 11.6 Å². The Hall–Kier alpha value is -4.11. The molecule has 10 heteroatoms. The average molecular weight is 564 g/mol. The first-order valence-corrected chi connectivity index (χ1v) is 13.6. The number of pyridine rings is 1. The molecule has 2 aliphatic rings. The number of rotatable bonds is 6. The van der Waals surface area contributed by atoms with Gasteiger partial charge in [0.05, 0.1) is 11.6 Å². The quantitative estimate of drug-likeness (QED) is 0.217. The van der Waals surface area contributed by atoms with E-state index in [1.165, 1.54) is 10.6 Å². The standard InChI is InChI=1S/C30H27ClFN3O5/c1-3-39-30(38)24-11-15-9-17(4-7-23(15)40-24)34-29(37)22-6-5-18-10-16(12-25(36)35(18)22)26-27(32)21(31)13-20(28(26)33)19-8-14(19)2/h4,7,9-14,19,22H,3,5-6,8,33H2,1-2H3,(H,34,37)/t14?,19-,22-/m0/s1. The summed E-state index contributed by atoms with van der Waals surface area (Å²) in [6, 6.07) is 10.4. The fourth-order valence-corrected chi connectivity index (χ4v) is 5.85. The van der Waals surface area contributed by atoms with Crippen molar-refractivity contribution in [2.75, 3.05) is 17.7 Å². The van der Waals surface area contributed by atoms with Crippen LogP contribution in [-0.4, -0.2) is 23.1 Å². The van der Waals surface area contributed by atoms with Crippen molar-refractivity contribution in [3.63, 3.8) is 0 Å². The van der Waals surface area contributed by atoms with Crippen LogP contribution in [-0.2, 0) is 16.0 Å². The second-order valence-corrected chi connectivity index (χ2v) is 10.8. The second-order valence-electron chi connectivity index (χ2n) is 10.4. The average Bonchev–Trinajstić information content (AvgIpc) is 3.29. The number of nitrogens with one attached hydrogen (secondary N) is 1. The molecule has 2 aromatic heterocycles. The van der Waals surface area contributed by atoms with E-state index in [0.29, 0.717) is 52.4 Å². The van der Waals surface area contributed by atoms with Crippen molar-refractivity contribution in [2.45, 2.75) is 45.1 Å². The molecule has 0 saturated heterocycles. The van der Waals surface area contributed by atoms with Gasteiger partial charge in [-0.1, -0.05) is 18.5 Å². The maximum atomic E-state index is 15.2. The highest BCUT2D eigenvalue weighted by Crippen LogP contribution is 2.51. The van der Waals surface area contributed by atoms with Crippen LogP contribution < -0.4 is 16.6 Å². The monoisotopic (exact) mass is 563 g/mol. The van der Waals surface area contributed by atoms with E-state index < -0.39 is 23.4 Å². The number of amides is 1. The Balaban J connectivity index is 1.28. The minimum atomic E-state index is -0.740. The number of hydrogen-bond acceptors (Lipinski definition) is 6. The number of ether oxygens (including phenoxy) is 1. The van der Waals surface area contributed by atoms with E-state index in [4.69, 9.17) is 26.5 Å². The van der Waals surface area contributed by atoms with Crippen molar-refractivity contribution in [1.29, 1.82) is 0 Å². The second kappa shape index (κ2) is 9.82. The molecule has 1 amide bonds. The Kier molecular flexibility index (Phi) is 6.41. The van der Waals surface area contributed by atoms with Crippen LogP contribution in [0.2, 0.25) is 5.02 Å². The molecule has 1 unspecified atom stereocenters. The van der Waals surface area contributed by atoms with E-state index in [-0.39, 0.29) is 34.8 Å². The number of nitrogens with two attached hydrogens (primary N) is 1. The maximum Gasteiger partial charge on any atom is 0.374 e. The number of fused-ring (bicyclic) bond motifs is 2. The summed E-state index contributed by atoms with van der Waals surface area (Å²) >= 11 is 6.23. The van der Waals surface area contributed by atoms with Crippen molar-refractivity contribution in [1.82, 2.24) is 4.57 Å². The Labute approximate surface area is 233 Å². The summed E-state index contributed by atoms with van der Waals surface area (Å²) in [6.07, 6.45) is 1.82. The molecule has 0 bridgehead atoms. The summed E-state index contributed by atoms with van der Waals surface area (Å²) in [5.41, 5.74) is 9.16. The predicted octanol–water partition coefficient (Wildman–Crippen LogP) is 6.06. The Morgan fingerprint density at radius 1 is 1.23 bits per heavy atom. The van der Waals surface area contributed by atoms with Crippen LogP contribution in [0.25, 0.3) is 22.1 Å². The molecule has 4 aromatic rings. The van der Waals surface area contributed by atoms with E-state index in [1.807, 2.05) is 0 Å². The van der Waals surface area contributed by atoms with Crippen molar-refractivity contribution in [2.24, 2.45) is 5.92 Å². The van der Waals surface area contributed by atoms with Crippen molar-refractivity contribution in [3.8, 4) is 11.1 Å². The number of carbonyl (C=O) groups is 2. The molecular weight excluding hydrogens is 537 g/mol. The lowest BCUT2D eigenvalue weighted by Gasteiger charge is -2.17. The number of halogens is 2. The Morgan fingerprint density at radius 3 is 2.73 bits per heavy atom. The van der Waals surface area contributed by atoms with E-state index in [2.05, 4.69) is 12.2 Å². The van der Waals surface area contributed by atoms with Crippen LogP contribution in [0.1, 0.15) is 60.5 Å². The molecule has 1 aliphatic carbocycles. The number of anilines is 2. The lowest BCUT2D eigenvalue weighted by atomic mass is 9.96. The van der Waals surface area contributed by atoms with Crippen molar-refractivity contribution >= 4 is 45.8 Å². The first-order valence-electron chi connectivity index (χ1n) is 13.2. The van der Waals surface area contributed by atoms with Crippen molar-refractivity contribution in [3.05, 3.63) is 80.7 Å². The van der Waals surface area contributed by atoms with Crippen LogP contribution in [0.3, 0.4) is 0 Å². The van der Waals surface area contributed by atoms with E-state index in [1.54, 1.807) is 43.3 Å². The van der Waals surface area contributed by atoms with E-state index in [0.717, 1.165) is 12.0 Å². The lowest BCUT2D eigenvalue weighted by Crippen LogP contribution is -2.31. The summed E-state index contributed by atoms with van der Waals surface area (Å²) in [5.74, 6) is -0.852. The van der Waals surface area contributed by atoms with Gasteiger partial charge in [0.15, 0.2) is 5.82 Å². The number of aryl methyl sites for hydroxylation is 1. The molecule has 0 radical (unpaired) electrons. The molecule has 3 N–H and O–H groups in total. The van der Waals surface area contributed by atoms with Gasteiger partial charge in [-0.15, -0.1) is 0 Å². The smallest absolute Gasteiger partial charge is 0.374 e. The molecule has 40 heavy (non-hydrogen) atoms. The van der Waals surface area contributed by atoms with Gasteiger partial charge >= 0.3 is 5.97 Å². The van der Waals surface area contributed by atoms with Gasteiger partial charge in [0, 0.05) is 34.1 Å². The number of benzene rings is 2. The minimum absolute atomic E-state index is 0.0277. The lowest BCUT2D eigenvalue weighted by molar-refractivity contribution is -0.119. The molecule has 3 heterocycles. The molecule has 2 aromatic carbocycles. The van der Waals surface area contributed by atoms with Gasteiger partial charge in [0.25, 0.3) is 5.56 Å². The fraction of sp³-hybridized carbons (Fsp3) is 0.300. The number of aromatic nitrogens is 1. The Morgan fingerprint density at radius 2 is 2.00 bits per heavy atom. The van der Waals surface area contributed by atoms with Crippen molar-refractivity contribution < 1.29 is 23.1 Å². The van der Waals surface area contributed by atoms with E-state index in [9.17, 15) is 14.4 Å². The van der Waals surface area contributed by atoms with Gasteiger partial charge in [0.2, 0.25) is 11.7 Å². The van der Waals surface area contributed by atoms with Crippen LogP contribution in [0.4, 0.5) is 15.8 Å². The number of nitrogens with zero attached hydrogens (tertiary/aromatic N) is 1. The summed E-state index contributed by atoms with van der Waals surface area (Å²) in [7, 11) is 0. The topological polar surface area (TPSA) is 117 Å². The highest BCUT2D eigenvalue weighted by Gasteiger charge is 2.37. The van der Waals surface area contributed by atoms with Crippen LogP contribution in [0.15, 0.2) is 51.7 Å². The third-order valence-corrected chi connectivity index (χ3v) is 8.06. The van der Waals surface area contributed by atoms with Gasteiger partial charge in [-0.3, -0.25) is 9.59 Å². The SMILES string of the molecule is CCOC(=O)c1cc2cc(NC(=O)[C@@H]3CCc4cc(-c5c(N)c([C@H]6CC6C)cc(Cl)c5F)cc(=O)n43)ccc2o1. The highest BCUT2D eigenvalue weighted by molar-refractivity contribution is 6.31. The third kappa shape index (κ3) is 4.44. The molecule has 6 rings (SSSR count). The molecule has 1 fully saturated rings. The number of nitrogen functional groups attached to an aromatic ring is 1. The number of hydrogen-bond donors (Lipinski definition) is 2. The molecule has 0 spiro atoms. The third-order valence-electron chi connectivity index (χ3n) is 7.79. The number of carbonyl (C=O) groups excluding carboxylic acids is 2. The Bertz CT molecular complexity index is 1760. The largest absolute Gasteiger partial charge is 0.460 e. The normalized spacial score (nSPS) is 19.4. The van der Waals surface area contributed by atoms with Crippen LogP contribution in [0.5, 0.6) is 0 Å². The number of esters is 1.